The molecule has 1 heterocycles. The van der Waals surface area contributed by atoms with Crippen molar-refractivity contribution in [2.24, 2.45) is 0 Å². The van der Waals surface area contributed by atoms with Crippen LogP contribution in [0.15, 0.2) is 12.1 Å². The molecule has 1 spiro atoms. The fourth-order valence-electron chi connectivity index (χ4n) is 3.28. The number of nitrogens with one attached hydrogen (secondary N) is 2. The molecule has 1 fully saturated rings. The van der Waals surface area contributed by atoms with Crippen molar-refractivity contribution < 1.29 is 13.9 Å². The molecule has 0 saturated heterocycles. The highest BCUT2D eigenvalue weighted by atomic mass is 19.1. The minimum Gasteiger partial charge on any atom is -0.494 e. The first-order valence-electron chi connectivity index (χ1n) is 7.07. The fourth-order valence-corrected chi connectivity index (χ4v) is 3.28. The summed E-state index contributed by atoms with van der Waals surface area (Å²) in [5.41, 5.74) is 1.04. The van der Waals surface area contributed by atoms with Crippen LogP contribution in [-0.4, -0.2) is 18.6 Å². The van der Waals surface area contributed by atoms with Gasteiger partial charge in [0.05, 0.1) is 18.5 Å². The minimum atomic E-state index is -0.465. The molecule has 0 unspecified atom stereocenters. The van der Waals surface area contributed by atoms with Gasteiger partial charge in [-0.15, -0.1) is 0 Å². The van der Waals surface area contributed by atoms with E-state index in [2.05, 4.69) is 10.6 Å². The molecule has 4 nitrogen and oxygen atoms in total. The number of anilines is 2. The second-order valence-electron chi connectivity index (χ2n) is 5.72. The summed E-state index contributed by atoms with van der Waals surface area (Å²) in [5, 5.41) is 6.27. The molecule has 1 aliphatic carbocycles. The number of rotatable bonds is 1. The van der Waals surface area contributed by atoms with Crippen LogP contribution in [0.2, 0.25) is 0 Å². The van der Waals surface area contributed by atoms with Crippen LogP contribution < -0.4 is 15.4 Å². The van der Waals surface area contributed by atoms with Crippen molar-refractivity contribution in [3.63, 3.8) is 0 Å². The molecule has 0 atom stereocenters. The Kier molecular flexibility index (Phi) is 3.28. The summed E-state index contributed by atoms with van der Waals surface area (Å²) in [6.45, 7) is 0. The van der Waals surface area contributed by atoms with Crippen LogP contribution >= 0.6 is 0 Å². The van der Waals surface area contributed by atoms with Crippen molar-refractivity contribution in [2.75, 3.05) is 17.7 Å². The summed E-state index contributed by atoms with van der Waals surface area (Å²) in [4.78, 5) is 12.1. The number of carbonyl (C=O) groups is 1. The standard InChI is InChI=1S/C15H19FN2O2/c1-20-13-8-12-11(7-10(13)16)17-14(19)9-15(18-12)5-3-2-4-6-15/h7-8,18H,2-6,9H2,1H3,(H,17,19). The van der Waals surface area contributed by atoms with Crippen molar-refractivity contribution in [1.82, 2.24) is 0 Å². The third-order valence-corrected chi connectivity index (χ3v) is 4.28. The van der Waals surface area contributed by atoms with Crippen LogP contribution in [0.5, 0.6) is 5.75 Å². The average Bonchev–Trinajstić information content (AvgIpc) is 2.54. The van der Waals surface area contributed by atoms with Gasteiger partial charge >= 0.3 is 0 Å². The smallest absolute Gasteiger partial charge is 0.226 e. The Bertz CT molecular complexity index is 539. The summed E-state index contributed by atoms with van der Waals surface area (Å²) in [6, 6.07) is 2.95. The van der Waals surface area contributed by atoms with Gasteiger partial charge in [-0.3, -0.25) is 4.79 Å². The largest absolute Gasteiger partial charge is 0.494 e. The minimum absolute atomic E-state index is 0.0530. The number of ether oxygens (including phenoxy) is 1. The van der Waals surface area contributed by atoms with Crippen LogP contribution in [0.25, 0.3) is 0 Å². The molecule has 0 radical (unpaired) electrons. The zero-order chi connectivity index (χ0) is 14.2. The monoisotopic (exact) mass is 278 g/mol. The van der Waals surface area contributed by atoms with Crippen molar-refractivity contribution in [1.29, 1.82) is 0 Å². The lowest BCUT2D eigenvalue weighted by atomic mass is 9.79. The molecular weight excluding hydrogens is 259 g/mol. The van der Waals surface area contributed by atoms with Crippen LogP contribution in [0.1, 0.15) is 38.5 Å². The maximum Gasteiger partial charge on any atom is 0.226 e. The number of hydrogen-bond acceptors (Lipinski definition) is 3. The quantitative estimate of drug-likeness (QED) is 0.828. The number of halogens is 1. The van der Waals surface area contributed by atoms with Gasteiger partial charge in [0.15, 0.2) is 11.6 Å². The van der Waals surface area contributed by atoms with Gasteiger partial charge in [-0.2, -0.15) is 0 Å². The Labute approximate surface area is 117 Å². The van der Waals surface area contributed by atoms with Gasteiger partial charge in [-0.05, 0) is 12.8 Å². The van der Waals surface area contributed by atoms with E-state index in [0.717, 1.165) is 31.4 Å². The normalized spacial score (nSPS) is 20.6. The van der Waals surface area contributed by atoms with Gasteiger partial charge in [-0.25, -0.2) is 4.39 Å². The van der Waals surface area contributed by atoms with E-state index in [1.54, 1.807) is 6.07 Å². The Morgan fingerprint density at radius 2 is 1.95 bits per heavy atom. The number of hydrogen-bond donors (Lipinski definition) is 2. The first kappa shape index (κ1) is 13.2. The van der Waals surface area contributed by atoms with E-state index in [9.17, 15) is 9.18 Å². The average molecular weight is 278 g/mol. The van der Waals surface area contributed by atoms with E-state index in [4.69, 9.17) is 4.74 Å². The Balaban J connectivity index is 2.01. The number of carbonyl (C=O) groups excluding carboxylic acids is 1. The second-order valence-corrected chi connectivity index (χ2v) is 5.72. The van der Waals surface area contributed by atoms with Crippen molar-refractivity contribution in [3.05, 3.63) is 17.9 Å². The summed E-state index contributed by atoms with van der Waals surface area (Å²) in [7, 11) is 1.44. The third-order valence-electron chi connectivity index (χ3n) is 4.28. The van der Waals surface area contributed by atoms with Crippen molar-refractivity contribution in [3.8, 4) is 5.75 Å². The molecule has 2 N–H and O–H groups in total. The molecule has 3 rings (SSSR count). The zero-order valence-corrected chi connectivity index (χ0v) is 11.6. The second kappa shape index (κ2) is 4.96. The maximum atomic E-state index is 13.8. The van der Waals surface area contributed by atoms with Gasteiger partial charge in [0.25, 0.3) is 0 Å². The molecular formula is C15H19FN2O2. The molecule has 0 bridgehead atoms. The summed E-state index contributed by atoms with van der Waals surface area (Å²) in [5.74, 6) is -0.325. The molecule has 1 aliphatic heterocycles. The van der Waals surface area contributed by atoms with Crippen molar-refractivity contribution >= 4 is 17.3 Å². The summed E-state index contributed by atoms with van der Waals surface area (Å²) in [6.07, 6.45) is 5.83. The van der Waals surface area contributed by atoms with E-state index in [-0.39, 0.29) is 17.2 Å². The van der Waals surface area contributed by atoms with E-state index in [0.29, 0.717) is 12.1 Å². The predicted octanol–water partition coefficient (Wildman–Crippen LogP) is 3.29. The summed E-state index contributed by atoms with van der Waals surface area (Å²) >= 11 is 0. The third kappa shape index (κ3) is 2.32. The molecule has 1 aromatic carbocycles. The maximum absolute atomic E-state index is 13.8. The molecule has 5 heteroatoms. The molecule has 0 aromatic heterocycles. The zero-order valence-electron chi connectivity index (χ0n) is 11.6. The first-order valence-corrected chi connectivity index (χ1v) is 7.07. The van der Waals surface area contributed by atoms with Gasteiger partial charge < -0.3 is 15.4 Å². The highest BCUT2D eigenvalue weighted by molar-refractivity contribution is 5.97. The van der Waals surface area contributed by atoms with Gasteiger partial charge in [0.1, 0.15) is 0 Å². The Morgan fingerprint density at radius 1 is 1.20 bits per heavy atom. The van der Waals surface area contributed by atoms with Crippen LogP contribution in [0.4, 0.5) is 15.8 Å². The van der Waals surface area contributed by atoms with Crippen LogP contribution in [0.3, 0.4) is 0 Å². The predicted molar refractivity (Wildman–Crippen MR) is 75.6 cm³/mol. The van der Waals surface area contributed by atoms with Crippen molar-refractivity contribution in [2.45, 2.75) is 44.1 Å². The molecule has 1 aromatic rings. The van der Waals surface area contributed by atoms with Crippen LogP contribution in [0, 0.1) is 5.82 Å². The number of amides is 1. The number of methoxy groups -OCH3 is 1. The van der Waals surface area contributed by atoms with E-state index in [1.807, 2.05) is 0 Å². The summed E-state index contributed by atoms with van der Waals surface area (Å²) < 4.78 is 18.8. The van der Waals surface area contributed by atoms with Gasteiger partial charge in [0.2, 0.25) is 5.91 Å². The highest BCUT2D eigenvalue weighted by Gasteiger charge is 2.37. The highest BCUT2D eigenvalue weighted by Crippen LogP contribution is 2.40. The molecule has 1 saturated carbocycles. The van der Waals surface area contributed by atoms with E-state index in [1.165, 1.54) is 19.6 Å². The molecule has 2 aliphatic rings. The lowest BCUT2D eigenvalue weighted by Gasteiger charge is -2.37. The molecule has 1 amide bonds. The van der Waals surface area contributed by atoms with E-state index >= 15 is 0 Å². The Hall–Kier alpha value is -1.78. The molecule has 108 valence electrons. The number of fused-ring (bicyclic) bond motifs is 1. The fraction of sp³-hybridized carbons (Fsp3) is 0.533. The topological polar surface area (TPSA) is 50.4 Å². The lowest BCUT2D eigenvalue weighted by molar-refractivity contribution is -0.117. The SMILES string of the molecule is COc1cc2c(cc1F)NC(=O)CC1(CCCCC1)N2. The number of benzene rings is 1. The van der Waals surface area contributed by atoms with Crippen LogP contribution in [-0.2, 0) is 4.79 Å². The Morgan fingerprint density at radius 3 is 2.65 bits per heavy atom. The van der Waals surface area contributed by atoms with Gasteiger partial charge in [-0.1, -0.05) is 19.3 Å². The lowest BCUT2D eigenvalue weighted by Crippen LogP contribution is -2.41. The molecule has 20 heavy (non-hydrogen) atoms. The van der Waals surface area contributed by atoms with E-state index < -0.39 is 5.82 Å². The van der Waals surface area contributed by atoms with Gasteiger partial charge in [0, 0.05) is 24.1 Å². The first-order chi connectivity index (χ1) is 9.62.